The van der Waals surface area contributed by atoms with Crippen molar-refractivity contribution in [3.8, 4) is 0 Å². The Bertz CT molecular complexity index is 541. The van der Waals surface area contributed by atoms with E-state index in [1.807, 2.05) is 6.08 Å². The molecule has 0 spiro atoms. The molecule has 1 N–H and O–H groups in total. The van der Waals surface area contributed by atoms with Crippen molar-refractivity contribution >= 4 is 34.9 Å². The highest BCUT2D eigenvalue weighted by molar-refractivity contribution is 6.43. The summed E-state index contributed by atoms with van der Waals surface area (Å²) >= 11 is 12.2. The molecule has 1 aromatic rings. The van der Waals surface area contributed by atoms with Crippen LogP contribution in [0.25, 0.3) is 5.70 Å². The molecule has 0 saturated heterocycles. The summed E-state index contributed by atoms with van der Waals surface area (Å²) in [6.45, 7) is 2.22. The van der Waals surface area contributed by atoms with E-state index in [2.05, 4.69) is 5.48 Å². The third-order valence-electron chi connectivity index (χ3n) is 2.71. The van der Waals surface area contributed by atoms with Gasteiger partial charge in [-0.2, -0.15) is 0 Å². The highest BCUT2D eigenvalue weighted by Gasteiger charge is 2.22. The van der Waals surface area contributed by atoms with E-state index in [1.54, 1.807) is 6.92 Å². The maximum Gasteiger partial charge on any atom is 0.338 e. The standard InChI is InChI=1S/C12H11Cl2NO3/c1-6-7(12(16)17-2)5-8(13)11(14)10(6)9-3-4-18-15-9/h3,5,15H,4H2,1-2H3. The van der Waals surface area contributed by atoms with E-state index in [0.717, 1.165) is 0 Å². The summed E-state index contributed by atoms with van der Waals surface area (Å²) in [5.74, 6) is -0.452. The fourth-order valence-corrected chi connectivity index (χ4v) is 2.30. The molecular weight excluding hydrogens is 277 g/mol. The Morgan fingerprint density at radius 1 is 1.50 bits per heavy atom. The van der Waals surface area contributed by atoms with Crippen LogP contribution in [-0.4, -0.2) is 19.7 Å². The Kier molecular flexibility index (Phi) is 3.80. The van der Waals surface area contributed by atoms with Crippen molar-refractivity contribution in [3.63, 3.8) is 0 Å². The van der Waals surface area contributed by atoms with Crippen LogP contribution < -0.4 is 5.48 Å². The molecule has 2 rings (SSSR count). The number of hydroxylamine groups is 1. The first-order valence-corrected chi connectivity index (χ1v) is 5.97. The van der Waals surface area contributed by atoms with Crippen LogP contribution in [0, 0.1) is 6.92 Å². The number of methoxy groups -OCH3 is 1. The fraction of sp³-hybridized carbons (Fsp3) is 0.250. The minimum Gasteiger partial charge on any atom is -0.465 e. The lowest BCUT2D eigenvalue weighted by Gasteiger charge is -2.14. The van der Waals surface area contributed by atoms with E-state index in [-0.39, 0.29) is 0 Å². The molecule has 18 heavy (non-hydrogen) atoms. The summed E-state index contributed by atoms with van der Waals surface area (Å²) in [4.78, 5) is 16.7. The minimum absolute atomic E-state index is 0.298. The van der Waals surface area contributed by atoms with Crippen molar-refractivity contribution in [2.75, 3.05) is 13.7 Å². The zero-order valence-corrected chi connectivity index (χ0v) is 11.4. The van der Waals surface area contributed by atoms with Gasteiger partial charge in [-0.05, 0) is 24.6 Å². The van der Waals surface area contributed by atoms with Gasteiger partial charge in [-0.3, -0.25) is 10.3 Å². The monoisotopic (exact) mass is 287 g/mol. The summed E-state index contributed by atoms with van der Waals surface area (Å²) in [6, 6.07) is 1.50. The molecule has 1 aromatic carbocycles. The van der Waals surface area contributed by atoms with E-state index in [1.165, 1.54) is 13.2 Å². The van der Waals surface area contributed by atoms with E-state index < -0.39 is 5.97 Å². The molecule has 6 heteroatoms. The van der Waals surface area contributed by atoms with E-state index >= 15 is 0 Å². The highest BCUT2D eigenvalue weighted by Crippen LogP contribution is 2.35. The van der Waals surface area contributed by atoms with Crippen molar-refractivity contribution in [2.45, 2.75) is 6.92 Å². The minimum atomic E-state index is -0.452. The summed E-state index contributed by atoms with van der Waals surface area (Å²) < 4.78 is 4.72. The summed E-state index contributed by atoms with van der Waals surface area (Å²) in [7, 11) is 1.32. The molecule has 4 nitrogen and oxygen atoms in total. The number of hydrogen-bond donors (Lipinski definition) is 1. The van der Waals surface area contributed by atoms with E-state index in [4.69, 9.17) is 32.8 Å². The second-order valence-electron chi connectivity index (χ2n) is 3.74. The smallest absolute Gasteiger partial charge is 0.338 e. The predicted molar refractivity (Wildman–Crippen MR) is 69.6 cm³/mol. The van der Waals surface area contributed by atoms with Crippen LogP contribution in [-0.2, 0) is 9.57 Å². The van der Waals surface area contributed by atoms with Gasteiger partial charge in [0.25, 0.3) is 0 Å². The highest BCUT2D eigenvalue weighted by atomic mass is 35.5. The fourth-order valence-electron chi connectivity index (χ4n) is 1.80. The average molecular weight is 288 g/mol. The van der Waals surface area contributed by atoms with Gasteiger partial charge in [0, 0.05) is 5.56 Å². The molecular formula is C12H11Cl2NO3. The molecule has 96 valence electrons. The van der Waals surface area contributed by atoms with Crippen LogP contribution in [0.15, 0.2) is 12.1 Å². The number of benzene rings is 1. The molecule has 1 aliphatic rings. The topological polar surface area (TPSA) is 47.6 Å². The van der Waals surface area contributed by atoms with Crippen LogP contribution in [0.5, 0.6) is 0 Å². The van der Waals surface area contributed by atoms with E-state index in [9.17, 15) is 4.79 Å². The number of carbonyl (C=O) groups excluding carboxylic acids is 1. The van der Waals surface area contributed by atoms with Gasteiger partial charge in [0.05, 0.1) is 35.0 Å². The predicted octanol–water partition coefficient (Wildman–Crippen LogP) is 2.96. The van der Waals surface area contributed by atoms with Gasteiger partial charge >= 0.3 is 5.97 Å². The first kappa shape index (κ1) is 13.2. The van der Waals surface area contributed by atoms with Gasteiger partial charge in [-0.15, -0.1) is 0 Å². The van der Waals surface area contributed by atoms with Crippen LogP contribution in [0.4, 0.5) is 0 Å². The van der Waals surface area contributed by atoms with Crippen molar-refractivity contribution in [1.29, 1.82) is 0 Å². The molecule has 0 aromatic heterocycles. The Hall–Kier alpha value is -1.23. The Balaban J connectivity index is 2.64. The number of ether oxygens (including phenoxy) is 1. The maximum atomic E-state index is 11.7. The molecule has 0 fully saturated rings. The van der Waals surface area contributed by atoms with Gasteiger partial charge in [0.2, 0.25) is 0 Å². The van der Waals surface area contributed by atoms with Crippen LogP contribution in [0.3, 0.4) is 0 Å². The number of esters is 1. The summed E-state index contributed by atoms with van der Waals surface area (Å²) in [5.41, 5.74) is 5.17. The lowest BCUT2D eigenvalue weighted by atomic mass is 10.00. The molecule has 1 heterocycles. The Labute approximate surface area is 114 Å². The molecule has 0 saturated carbocycles. The zero-order valence-electron chi connectivity index (χ0n) is 9.84. The van der Waals surface area contributed by atoms with E-state index in [0.29, 0.717) is 39.0 Å². The van der Waals surface area contributed by atoms with Gasteiger partial charge in [0.15, 0.2) is 0 Å². The molecule has 0 bridgehead atoms. The quantitative estimate of drug-likeness (QED) is 0.850. The first-order valence-electron chi connectivity index (χ1n) is 5.21. The van der Waals surface area contributed by atoms with Gasteiger partial charge in [-0.1, -0.05) is 23.2 Å². The SMILES string of the molecule is COC(=O)c1cc(Cl)c(Cl)c(C2=CCON2)c1C. The molecule has 0 amide bonds. The molecule has 0 radical (unpaired) electrons. The number of halogens is 2. The summed E-state index contributed by atoms with van der Waals surface area (Å²) in [5, 5.41) is 0.679. The number of nitrogens with one attached hydrogen (secondary N) is 1. The normalized spacial score (nSPS) is 14.1. The first-order chi connectivity index (χ1) is 8.56. The van der Waals surface area contributed by atoms with Gasteiger partial charge < -0.3 is 4.74 Å². The second kappa shape index (κ2) is 5.18. The van der Waals surface area contributed by atoms with Crippen LogP contribution in [0.1, 0.15) is 21.5 Å². The molecule has 0 unspecified atom stereocenters. The number of rotatable bonds is 2. The Morgan fingerprint density at radius 3 is 2.78 bits per heavy atom. The lowest BCUT2D eigenvalue weighted by Crippen LogP contribution is -2.11. The number of hydrogen-bond acceptors (Lipinski definition) is 4. The maximum absolute atomic E-state index is 11.7. The Morgan fingerprint density at radius 2 is 2.22 bits per heavy atom. The molecule has 0 atom stereocenters. The number of carbonyl (C=O) groups is 1. The average Bonchev–Trinajstić information content (AvgIpc) is 2.87. The van der Waals surface area contributed by atoms with Crippen molar-refractivity contribution in [1.82, 2.24) is 5.48 Å². The van der Waals surface area contributed by atoms with Crippen molar-refractivity contribution in [2.24, 2.45) is 0 Å². The second-order valence-corrected chi connectivity index (χ2v) is 4.53. The van der Waals surface area contributed by atoms with Gasteiger partial charge in [-0.25, -0.2) is 4.79 Å². The molecule has 0 aliphatic carbocycles. The van der Waals surface area contributed by atoms with Crippen molar-refractivity contribution < 1.29 is 14.4 Å². The summed E-state index contributed by atoms with van der Waals surface area (Å²) in [6.07, 6.45) is 1.83. The third kappa shape index (κ3) is 2.19. The third-order valence-corrected chi connectivity index (χ3v) is 3.49. The largest absolute Gasteiger partial charge is 0.465 e. The van der Waals surface area contributed by atoms with Crippen LogP contribution in [0.2, 0.25) is 10.0 Å². The van der Waals surface area contributed by atoms with Gasteiger partial charge in [0.1, 0.15) is 0 Å². The lowest BCUT2D eigenvalue weighted by molar-refractivity contribution is 0.0600. The zero-order chi connectivity index (χ0) is 13.3. The molecule has 1 aliphatic heterocycles. The van der Waals surface area contributed by atoms with Crippen molar-refractivity contribution in [3.05, 3.63) is 38.9 Å². The van der Waals surface area contributed by atoms with Crippen LogP contribution >= 0.6 is 23.2 Å².